The lowest BCUT2D eigenvalue weighted by atomic mass is 10.1. The Labute approximate surface area is 110 Å². The molecule has 19 heavy (non-hydrogen) atoms. The van der Waals surface area contributed by atoms with Crippen molar-refractivity contribution in [2.75, 3.05) is 23.9 Å². The van der Waals surface area contributed by atoms with E-state index < -0.39 is 5.97 Å². The number of carbonyl (C=O) groups is 2. The third-order valence-corrected chi connectivity index (χ3v) is 3.71. The molecule has 0 bridgehead atoms. The first-order chi connectivity index (χ1) is 9.10. The second kappa shape index (κ2) is 4.24. The van der Waals surface area contributed by atoms with Crippen molar-refractivity contribution in [3.63, 3.8) is 0 Å². The highest BCUT2D eigenvalue weighted by Gasteiger charge is 2.41. The predicted octanol–water partition coefficient (Wildman–Crippen LogP) is 0.931. The first kappa shape index (κ1) is 12.0. The maximum atomic E-state index is 12.0. The van der Waals surface area contributed by atoms with Gasteiger partial charge in [0.15, 0.2) is 0 Å². The van der Waals surface area contributed by atoms with Crippen LogP contribution in [0.4, 0.5) is 11.4 Å². The average molecular weight is 262 g/mol. The summed E-state index contributed by atoms with van der Waals surface area (Å²) in [5.41, 5.74) is 1.63. The minimum Gasteiger partial charge on any atom is -0.478 e. The Morgan fingerprint density at radius 1 is 1.53 bits per heavy atom. The molecule has 2 N–H and O–H groups in total. The van der Waals surface area contributed by atoms with E-state index in [4.69, 9.17) is 9.84 Å². The fourth-order valence-electron chi connectivity index (χ4n) is 2.71. The minimum absolute atomic E-state index is 0.00446. The molecule has 2 aliphatic rings. The lowest BCUT2D eigenvalue weighted by Crippen LogP contribution is -2.44. The summed E-state index contributed by atoms with van der Waals surface area (Å²) in [5.74, 6) is -1.03. The summed E-state index contributed by atoms with van der Waals surface area (Å²) in [6.45, 7) is 0.602. The molecule has 0 spiro atoms. The molecular weight excluding hydrogens is 248 g/mol. The number of aromatic carboxylic acids is 1. The summed E-state index contributed by atoms with van der Waals surface area (Å²) in [6.07, 6.45) is 0.620. The Bertz CT molecular complexity index is 558. The zero-order chi connectivity index (χ0) is 13.6. The highest BCUT2D eigenvalue weighted by atomic mass is 16.5. The molecular formula is C13H14N2O4. The Hall–Kier alpha value is -2.08. The Morgan fingerprint density at radius 2 is 2.32 bits per heavy atom. The summed E-state index contributed by atoms with van der Waals surface area (Å²) in [5, 5.41) is 11.9. The van der Waals surface area contributed by atoms with Gasteiger partial charge in [0.2, 0.25) is 5.91 Å². The third-order valence-electron chi connectivity index (χ3n) is 3.71. The molecule has 0 radical (unpaired) electrons. The number of anilines is 2. The SMILES string of the molecule is COC1CC2C(=O)Nc3ccc(C(=O)O)cc3N2C1. The fourth-order valence-corrected chi connectivity index (χ4v) is 2.71. The lowest BCUT2D eigenvalue weighted by Gasteiger charge is -2.32. The number of fused-ring (bicyclic) bond motifs is 3. The number of benzene rings is 1. The number of nitrogens with zero attached hydrogens (tertiary/aromatic N) is 1. The second-order valence-electron chi connectivity index (χ2n) is 4.79. The average Bonchev–Trinajstić information content (AvgIpc) is 2.83. The lowest BCUT2D eigenvalue weighted by molar-refractivity contribution is -0.117. The molecule has 1 aromatic carbocycles. The smallest absolute Gasteiger partial charge is 0.335 e. The van der Waals surface area contributed by atoms with Gasteiger partial charge in [-0.25, -0.2) is 4.79 Å². The topological polar surface area (TPSA) is 78.9 Å². The van der Waals surface area contributed by atoms with Crippen LogP contribution in [0.1, 0.15) is 16.8 Å². The van der Waals surface area contributed by atoms with E-state index in [9.17, 15) is 9.59 Å². The molecule has 2 unspecified atom stereocenters. The molecule has 0 aromatic heterocycles. The van der Waals surface area contributed by atoms with Gasteiger partial charge in [0.05, 0.1) is 23.0 Å². The molecule has 0 aliphatic carbocycles. The first-order valence-electron chi connectivity index (χ1n) is 6.08. The molecule has 2 heterocycles. The van der Waals surface area contributed by atoms with Gasteiger partial charge in [-0.2, -0.15) is 0 Å². The Kier molecular flexibility index (Phi) is 2.67. The van der Waals surface area contributed by atoms with Gasteiger partial charge in [0.25, 0.3) is 0 Å². The van der Waals surface area contributed by atoms with Crippen molar-refractivity contribution in [3.05, 3.63) is 23.8 Å². The van der Waals surface area contributed by atoms with Crippen molar-refractivity contribution in [1.82, 2.24) is 0 Å². The van der Waals surface area contributed by atoms with E-state index in [1.165, 1.54) is 6.07 Å². The number of hydrogen-bond donors (Lipinski definition) is 2. The molecule has 1 amide bonds. The summed E-state index contributed by atoms with van der Waals surface area (Å²) in [6, 6.07) is 4.45. The largest absolute Gasteiger partial charge is 0.478 e. The van der Waals surface area contributed by atoms with Gasteiger partial charge < -0.3 is 20.1 Å². The van der Waals surface area contributed by atoms with Crippen LogP contribution in [0.2, 0.25) is 0 Å². The molecule has 1 saturated heterocycles. The van der Waals surface area contributed by atoms with Crippen molar-refractivity contribution in [3.8, 4) is 0 Å². The minimum atomic E-state index is -0.973. The molecule has 6 heteroatoms. The van der Waals surface area contributed by atoms with Gasteiger partial charge in [-0.05, 0) is 18.2 Å². The maximum Gasteiger partial charge on any atom is 0.335 e. The molecule has 2 atom stereocenters. The van der Waals surface area contributed by atoms with Gasteiger partial charge in [0.1, 0.15) is 6.04 Å². The number of carbonyl (C=O) groups excluding carboxylic acids is 1. The van der Waals surface area contributed by atoms with Gasteiger partial charge in [-0.3, -0.25) is 4.79 Å². The molecule has 2 aliphatic heterocycles. The standard InChI is InChI=1S/C13H14N2O4/c1-19-8-5-11-12(16)14-9-3-2-7(13(17)18)4-10(9)15(11)6-8/h2-4,8,11H,5-6H2,1H3,(H,14,16)(H,17,18). The second-order valence-corrected chi connectivity index (χ2v) is 4.79. The van der Waals surface area contributed by atoms with E-state index in [1.807, 2.05) is 4.90 Å². The van der Waals surface area contributed by atoms with E-state index >= 15 is 0 Å². The molecule has 100 valence electrons. The monoisotopic (exact) mass is 262 g/mol. The number of hydrogen-bond acceptors (Lipinski definition) is 4. The van der Waals surface area contributed by atoms with Crippen LogP contribution < -0.4 is 10.2 Å². The van der Waals surface area contributed by atoms with Crippen LogP contribution in [0.25, 0.3) is 0 Å². The van der Waals surface area contributed by atoms with E-state index in [0.717, 1.165) is 5.69 Å². The van der Waals surface area contributed by atoms with Crippen molar-refractivity contribution in [2.24, 2.45) is 0 Å². The van der Waals surface area contributed by atoms with Crippen LogP contribution in [0.5, 0.6) is 0 Å². The van der Waals surface area contributed by atoms with Crippen molar-refractivity contribution >= 4 is 23.3 Å². The fraction of sp³-hybridized carbons (Fsp3) is 0.385. The first-order valence-corrected chi connectivity index (χ1v) is 6.08. The summed E-state index contributed by atoms with van der Waals surface area (Å²) < 4.78 is 5.31. The van der Waals surface area contributed by atoms with Crippen LogP contribution in [-0.2, 0) is 9.53 Å². The van der Waals surface area contributed by atoms with Gasteiger partial charge >= 0.3 is 5.97 Å². The predicted molar refractivity (Wildman–Crippen MR) is 68.6 cm³/mol. The van der Waals surface area contributed by atoms with Crippen molar-refractivity contribution in [1.29, 1.82) is 0 Å². The zero-order valence-electron chi connectivity index (χ0n) is 10.4. The summed E-state index contributed by atoms with van der Waals surface area (Å²) in [7, 11) is 1.62. The Morgan fingerprint density at radius 3 is 3.00 bits per heavy atom. The van der Waals surface area contributed by atoms with Crippen LogP contribution in [0, 0.1) is 0 Å². The molecule has 1 aromatic rings. The van der Waals surface area contributed by atoms with Crippen molar-refractivity contribution < 1.29 is 19.4 Å². The van der Waals surface area contributed by atoms with E-state index in [2.05, 4.69) is 5.32 Å². The van der Waals surface area contributed by atoms with Crippen LogP contribution >= 0.6 is 0 Å². The van der Waals surface area contributed by atoms with Gasteiger partial charge in [0, 0.05) is 20.1 Å². The number of carboxylic acids is 1. The summed E-state index contributed by atoms with van der Waals surface area (Å²) >= 11 is 0. The van der Waals surface area contributed by atoms with Crippen LogP contribution in [-0.4, -0.2) is 42.8 Å². The summed E-state index contributed by atoms with van der Waals surface area (Å²) in [4.78, 5) is 25.0. The molecule has 1 fully saturated rings. The number of rotatable bonds is 2. The molecule has 3 rings (SSSR count). The van der Waals surface area contributed by atoms with Crippen LogP contribution in [0.15, 0.2) is 18.2 Å². The third kappa shape index (κ3) is 1.84. The highest BCUT2D eigenvalue weighted by Crippen LogP contribution is 2.37. The number of methoxy groups -OCH3 is 1. The van der Waals surface area contributed by atoms with E-state index in [0.29, 0.717) is 18.7 Å². The highest BCUT2D eigenvalue weighted by molar-refractivity contribution is 6.05. The zero-order valence-corrected chi connectivity index (χ0v) is 10.4. The molecule has 6 nitrogen and oxygen atoms in total. The maximum absolute atomic E-state index is 12.0. The van der Waals surface area contributed by atoms with Gasteiger partial charge in [-0.1, -0.05) is 0 Å². The number of nitrogens with one attached hydrogen (secondary N) is 1. The van der Waals surface area contributed by atoms with Crippen LogP contribution in [0.3, 0.4) is 0 Å². The Balaban J connectivity index is 2.03. The number of carboxylic acid groups (broad SMARTS) is 1. The normalized spacial score (nSPS) is 24.7. The quantitative estimate of drug-likeness (QED) is 0.829. The molecule has 0 saturated carbocycles. The van der Waals surface area contributed by atoms with E-state index in [-0.39, 0.29) is 23.6 Å². The van der Waals surface area contributed by atoms with E-state index in [1.54, 1.807) is 19.2 Å². The number of amides is 1. The van der Waals surface area contributed by atoms with Gasteiger partial charge in [-0.15, -0.1) is 0 Å². The number of ether oxygens (including phenoxy) is 1. The van der Waals surface area contributed by atoms with Crippen molar-refractivity contribution in [2.45, 2.75) is 18.6 Å².